The highest BCUT2D eigenvalue weighted by Crippen LogP contribution is 2.36. The molecule has 1 aliphatic carbocycles. The molecule has 2 N–H and O–H groups in total. The van der Waals surface area contributed by atoms with E-state index in [2.05, 4.69) is 26.2 Å². The van der Waals surface area contributed by atoms with Gasteiger partial charge in [-0.15, -0.1) is 16.9 Å². The number of aryl methyl sites for hydroxylation is 1. The van der Waals surface area contributed by atoms with Gasteiger partial charge in [0.25, 0.3) is 0 Å². The lowest BCUT2D eigenvalue weighted by atomic mass is 10.2. The normalized spacial score (nSPS) is 13.1. The van der Waals surface area contributed by atoms with Crippen molar-refractivity contribution in [2.75, 3.05) is 22.1 Å². The van der Waals surface area contributed by atoms with E-state index in [0.717, 1.165) is 35.5 Å². The van der Waals surface area contributed by atoms with Crippen molar-refractivity contribution in [1.29, 1.82) is 0 Å². The first-order valence-electron chi connectivity index (χ1n) is 9.71. The molecule has 0 bridgehead atoms. The maximum atomic E-state index is 12.2. The van der Waals surface area contributed by atoms with E-state index in [4.69, 9.17) is 0 Å². The zero-order valence-corrected chi connectivity index (χ0v) is 17.4. The average molecular weight is 423 g/mol. The smallest absolute Gasteiger partial charge is 0.234 e. The summed E-state index contributed by atoms with van der Waals surface area (Å²) in [4.78, 5) is 24.2. The van der Waals surface area contributed by atoms with Crippen molar-refractivity contribution in [2.45, 2.75) is 25.8 Å². The van der Waals surface area contributed by atoms with Crippen LogP contribution in [-0.2, 0) is 9.59 Å². The van der Waals surface area contributed by atoms with Crippen molar-refractivity contribution >= 4 is 35.0 Å². The zero-order valence-electron chi connectivity index (χ0n) is 16.5. The molecule has 2 aromatic carbocycles. The number of rotatable bonds is 8. The van der Waals surface area contributed by atoms with Crippen LogP contribution in [0.15, 0.2) is 48.5 Å². The molecular formula is C21H22N6O2S. The second kappa shape index (κ2) is 9.08. The Hall–Kier alpha value is -3.20. The maximum absolute atomic E-state index is 12.2. The fourth-order valence-corrected chi connectivity index (χ4v) is 3.62. The third kappa shape index (κ3) is 5.24. The van der Waals surface area contributed by atoms with Crippen LogP contribution in [0.3, 0.4) is 0 Å². The van der Waals surface area contributed by atoms with Crippen molar-refractivity contribution < 1.29 is 9.59 Å². The molecule has 0 saturated heterocycles. The summed E-state index contributed by atoms with van der Waals surface area (Å²) in [6, 6.07) is 15.4. The number of carbonyl (C=O) groups is 2. The molecule has 0 unspecified atom stereocenters. The van der Waals surface area contributed by atoms with E-state index in [-0.39, 0.29) is 23.3 Å². The van der Waals surface area contributed by atoms with E-state index in [1.807, 2.05) is 60.1 Å². The molecule has 1 heterocycles. The predicted octanol–water partition coefficient (Wildman–Crippen LogP) is 3.29. The molecule has 1 fully saturated rings. The molecule has 0 aliphatic heterocycles. The lowest BCUT2D eigenvalue weighted by Gasteiger charge is -2.08. The van der Waals surface area contributed by atoms with Crippen LogP contribution in [-0.4, -0.2) is 43.5 Å². The standard InChI is InChI=1S/C21H22N6O2S/c1-14-3-2-4-17(11-14)23-20(29)13-30-12-19(28)22-16-7-5-15(6-8-16)21-24-25-26-27(21)18-9-10-18/h2-8,11,18H,9-10,12-13H2,1H3,(H,22,28)(H,23,29). The van der Waals surface area contributed by atoms with Gasteiger partial charge in [-0.2, -0.15) is 0 Å². The summed E-state index contributed by atoms with van der Waals surface area (Å²) < 4.78 is 1.85. The van der Waals surface area contributed by atoms with Crippen LogP contribution in [0.4, 0.5) is 11.4 Å². The van der Waals surface area contributed by atoms with E-state index >= 15 is 0 Å². The number of hydrogen-bond acceptors (Lipinski definition) is 6. The predicted molar refractivity (Wildman–Crippen MR) is 117 cm³/mol. The van der Waals surface area contributed by atoms with Crippen molar-refractivity contribution in [3.05, 3.63) is 54.1 Å². The molecule has 1 aliphatic rings. The van der Waals surface area contributed by atoms with Gasteiger partial charge >= 0.3 is 0 Å². The summed E-state index contributed by atoms with van der Waals surface area (Å²) in [5.74, 6) is 0.869. The molecule has 2 amide bonds. The lowest BCUT2D eigenvalue weighted by molar-refractivity contribution is -0.114. The van der Waals surface area contributed by atoms with E-state index in [1.54, 1.807) is 0 Å². The Morgan fingerprint density at radius 2 is 1.73 bits per heavy atom. The number of anilines is 2. The van der Waals surface area contributed by atoms with E-state index in [1.165, 1.54) is 11.8 Å². The molecule has 4 rings (SSSR count). The number of carbonyl (C=O) groups excluding carboxylic acids is 2. The Balaban J connectivity index is 1.23. The molecular weight excluding hydrogens is 400 g/mol. The van der Waals surface area contributed by atoms with Crippen molar-refractivity contribution in [3.8, 4) is 11.4 Å². The largest absolute Gasteiger partial charge is 0.325 e. The second-order valence-corrected chi connectivity index (χ2v) is 8.20. The molecule has 0 spiro atoms. The Morgan fingerprint density at radius 1 is 1.03 bits per heavy atom. The molecule has 30 heavy (non-hydrogen) atoms. The first-order valence-corrected chi connectivity index (χ1v) is 10.9. The van der Waals surface area contributed by atoms with Gasteiger partial charge in [0.05, 0.1) is 17.5 Å². The molecule has 9 heteroatoms. The molecule has 0 atom stereocenters. The summed E-state index contributed by atoms with van der Waals surface area (Å²) in [5, 5.41) is 17.6. The van der Waals surface area contributed by atoms with Crippen LogP contribution >= 0.6 is 11.8 Å². The zero-order chi connectivity index (χ0) is 20.9. The molecule has 0 radical (unpaired) electrons. The highest BCUT2D eigenvalue weighted by atomic mass is 32.2. The number of nitrogens with zero attached hydrogens (tertiary/aromatic N) is 4. The molecule has 154 valence electrons. The van der Waals surface area contributed by atoms with Crippen molar-refractivity contribution in [3.63, 3.8) is 0 Å². The van der Waals surface area contributed by atoms with E-state index in [9.17, 15) is 9.59 Å². The van der Waals surface area contributed by atoms with Gasteiger partial charge in [0.2, 0.25) is 11.8 Å². The Labute approximate surface area is 178 Å². The summed E-state index contributed by atoms with van der Waals surface area (Å²) in [6.07, 6.45) is 2.21. The molecule has 8 nitrogen and oxygen atoms in total. The van der Waals surface area contributed by atoms with E-state index in [0.29, 0.717) is 11.7 Å². The summed E-state index contributed by atoms with van der Waals surface area (Å²) in [5.41, 5.74) is 3.44. The summed E-state index contributed by atoms with van der Waals surface area (Å²) in [7, 11) is 0. The fourth-order valence-electron chi connectivity index (χ4n) is 3.00. The fraction of sp³-hybridized carbons (Fsp3) is 0.286. The Kier molecular flexibility index (Phi) is 6.08. The van der Waals surface area contributed by atoms with Gasteiger partial charge in [-0.1, -0.05) is 12.1 Å². The second-order valence-electron chi connectivity index (χ2n) is 7.21. The molecule has 1 saturated carbocycles. The SMILES string of the molecule is Cc1cccc(NC(=O)CSCC(=O)Nc2ccc(-c3nnnn3C3CC3)cc2)c1. The van der Waals surface area contributed by atoms with E-state index < -0.39 is 0 Å². The summed E-state index contributed by atoms with van der Waals surface area (Å²) >= 11 is 1.27. The third-order valence-electron chi connectivity index (χ3n) is 4.58. The number of amides is 2. The van der Waals surface area contributed by atoms with Crippen molar-refractivity contribution in [2.24, 2.45) is 0 Å². The lowest BCUT2D eigenvalue weighted by Crippen LogP contribution is -2.18. The number of nitrogens with one attached hydrogen (secondary N) is 2. The monoisotopic (exact) mass is 422 g/mol. The van der Waals surface area contributed by atoms with Gasteiger partial charge < -0.3 is 10.6 Å². The topological polar surface area (TPSA) is 102 Å². The minimum atomic E-state index is -0.154. The minimum Gasteiger partial charge on any atom is -0.325 e. The first kappa shape index (κ1) is 20.1. The number of benzene rings is 2. The number of hydrogen-bond donors (Lipinski definition) is 2. The first-order chi connectivity index (χ1) is 14.6. The van der Waals surface area contributed by atoms with Gasteiger partial charge in [-0.05, 0) is 72.2 Å². The summed E-state index contributed by atoms with van der Waals surface area (Å²) in [6.45, 7) is 1.97. The highest BCUT2D eigenvalue weighted by Gasteiger charge is 2.28. The van der Waals surface area contributed by atoms with Crippen molar-refractivity contribution in [1.82, 2.24) is 20.2 Å². The third-order valence-corrected chi connectivity index (χ3v) is 5.51. The maximum Gasteiger partial charge on any atom is 0.234 e. The Morgan fingerprint density at radius 3 is 2.40 bits per heavy atom. The highest BCUT2D eigenvalue weighted by molar-refractivity contribution is 8.00. The van der Waals surface area contributed by atoms with Gasteiger partial charge in [-0.3, -0.25) is 9.59 Å². The number of aromatic nitrogens is 4. The van der Waals surface area contributed by atoms with Crippen LogP contribution in [0.5, 0.6) is 0 Å². The Bertz CT molecular complexity index is 1050. The average Bonchev–Trinajstić information content (AvgIpc) is 3.45. The number of tetrazole rings is 1. The van der Waals surface area contributed by atoms with Gasteiger partial charge in [-0.25, -0.2) is 4.68 Å². The molecule has 3 aromatic rings. The van der Waals surface area contributed by atoms with Gasteiger partial charge in [0.15, 0.2) is 5.82 Å². The van der Waals surface area contributed by atoms with Crippen LogP contribution < -0.4 is 10.6 Å². The van der Waals surface area contributed by atoms with Crippen LogP contribution in [0.2, 0.25) is 0 Å². The van der Waals surface area contributed by atoms with Crippen LogP contribution in [0, 0.1) is 6.92 Å². The molecule has 1 aromatic heterocycles. The van der Waals surface area contributed by atoms with Crippen LogP contribution in [0.1, 0.15) is 24.4 Å². The van der Waals surface area contributed by atoms with Gasteiger partial charge in [0, 0.05) is 16.9 Å². The minimum absolute atomic E-state index is 0.129. The van der Waals surface area contributed by atoms with Gasteiger partial charge in [0.1, 0.15) is 0 Å². The number of thioether (sulfide) groups is 1. The van der Waals surface area contributed by atoms with Crippen LogP contribution in [0.25, 0.3) is 11.4 Å². The quantitative estimate of drug-likeness (QED) is 0.578.